The van der Waals surface area contributed by atoms with Gasteiger partial charge in [0.1, 0.15) is 5.78 Å². The zero-order valence-corrected chi connectivity index (χ0v) is 11.3. The first-order valence-corrected chi connectivity index (χ1v) is 7.06. The third kappa shape index (κ3) is 2.29. The van der Waals surface area contributed by atoms with Crippen molar-refractivity contribution in [2.24, 2.45) is 0 Å². The normalized spacial score (nSPS) is 26.4. The molecule has 0 spiro atoms. The van der Waals surface area contributed by atoms with Gasteiger partial charge >= 0.3 is 0 Å². The minimum atomic E-state index is 0.0973. The highest BCUT2D eigenvalue weighted by Gasteiger charge is 2.37. The molecule has 2 atom stereocenters. The smallest absolute Gasteiger partial charge is 0.159 e. The van der Waals surface area contributed by atoms with Gasteiger partial charge in [0, 0.05) is 36.2 Å². The second-order valence-electron chi connectivity index (χ2n) is 5.70. The van der Waals surface area contributed by atoms with Crippen LogP contribution in [-0.2, 0) is 4.79 Å². The van der Waals surface area contributed by atoms with Crippen molar-refractivity contribution in [3.63, 3.8) is 0 Å². The molecule has 3 heteroatoms. The summed E-state index contributed by atoms with van der Waals surface area (Å²) in [5, 5.41) is 0. The van der Waals surface area contributed by atoms with Crippen LogP contribution in [0.15, 0.2) is 24.3 Å². The van der Waals surface area contributed by atoms with E-state index in [1.54, 1.807) is 6.92 Å². The number of fused-ring (bicyclic) bond motifs is 2. The first-order chi connectivity index (χ1) is 9.15. The Morgan fingerprint density at radius 3 is 2.53 bits per heavy atom. The predicted octanol–water partition coefficient (Wildman–Crippen LogP) is 2.98. The van der Waals surface area contributed by atoms with Crippen molar-refractivity contribution in [1.82, 2.24) is 0 Å². The van der Waals surface area contributed by atoms with Crippen LogP contribution in [0.2, 0.25) is 0 Å². The van der Waals surface area contributed by atoms with Gasteiger partial charge in [-0.1, -0.05) is 12.1 Å². The Balaban J connectivity index is 1.94. The van der Waals surface area contributed by atoms with Crippen molar-refractivity contribution >= 4 is 17.3 Å². The average Bonchev–Trinajstić information content (AvgIpc) is 2.37. The van der Waals surface area contributed by atoms with E-state index in [0.717, 1.165) is 24.1 Å². The Hall–Kier alpha value is -1.64. The summed E-state index contributed by atoms with van der Waals surface area (Å²) in [6.07, 6.45) is 4.73. The van der Waals surface area contributed by atoms with Crippen LogP contribution in [0.5, 0.6) is 0 Å². The highest BCUT2D eigenvalue weighted by atomic mass is 16.1. The Kier molecular flexibility index (Phi) is 3.13. The van der Waals surface area contributed by atoms with Crippen LogP contribution in [-0.4, -0.2) is 23.7 Å². The van der Waals surface area contributed by atoms with E-state index in [1.165, 1.54) is 6.42 Å². The van der Waals surface area contributed by atoms with Crippen LogP contribution >= 0.6 is 0 Å². The summed E-state index contributed by atoms with van der Waals surface area (Å²) >= 11 is 0. The van der Waals surface area contributed by atoms with E-state index in [-0.39, 0.29) is 5.78 Å². The number of piperidine rings is 2. The van der Waals surface area contributed by atoms with Crippen molar-refractivity contribution < 1.29 is 9.59 Å². The van der Waals surface area contributed by atoms with Crippen LogP contribution < -0.4 is 4.90 Å². The van der Waals surface area contributed by atoms with Gasteiger partial charge in [-0.05, 0) is 38.3 Å². The van der Waals surface area contributed by atoms with Gasteiger partial charge in [0.25, 0.3) is 0 Å². The average molecular weight is 257 g/mol. The van der Waals surface area contributed by atoms with Crippen molar-refractivity contribution in [1.29, 1.82) is 0 Å². The van der Waals surface area contributed by atoms with E-state index in [0.29, 0.717) is 30.7 Å². The molecule has 2 bridgehead atoms. The quantitative estimate of drug-likeness (QED) is 0.764. The second-order valence-corrected chi connectivity index (χ2v) is 5.70. The molecule has 0 radical (unpaired) electrons. The van der Waals surface area contributed by atoms with Crippen molar-refractivity contribution in [3.05, 3.63) is 29.8 Å². The van der Waals surface area contributed by atoms with Gasteiger partial charge in [0.15, 0.2) is 5.78 Å². The van der Waals surface area contributed by atoms with Crippen LogP contribution in [0.1, 0.15) is 49.4 Å². The number of ketones is 2. The van der Waals surface area contributed by atoms with E-state index in [4.69, 9.17) is 0 Å². The SMILES string of the molecule is CC(=O)c1cccc(N2C3CCCC2CC(=O)C3)c1. The molecular formula is C16H19NO2. The van der Waals surface area contributed by atoms with Crippen molar-refractivity contribution in [2.45, 2.75) is 51.1 Å². The van der Waals surface area contributed by atoms with Crippen molar-refractivity contribution in [3.8, 4) is 0 Å². The zero-order valence-electron chi connectivity index (χ0n) is 11.3. The number of benzene rings is 1. The molecule has 19 heavy (non-hydrogen) atoms. The van der Waals surface area contributed by atoms with E-state index in [2.05, 4.69) is 11.0 Å². The van der Waals surface area contributed by atoms with Crippen molar-refractivity contribution in [2.75, 3.05) is 4.90 Å². The fourth-order valence-corrected chi connectivity index (χ4v) is 3.48. The summed E-state index contributed by atoms with van der Waals surface area (Å²) in [6.45, 7) is 1.60. The summed E-state index contributed by atoms with van der Waals surface area (Å²) in [6, 6.07) is 8.51. The lowest BCUT2D eigenvalue weighted by Gasteiger charge is -2.47. The van der Waals surface area contributed by atoms with Crippen LogP contribution in [0, 0.1) is 0 Å². The summed E-state index contributed by atoms with van der Waals surface area (Å²) in [5.74, 6) is 0.494. The molecule has 2 aliphatic rings. The highest BCUT2D eigenvalue weighted by Crippen LogP contribution is 2.36. The molecule has 2 aliphatic heterocycles. The fourth-order valence-electron chi connectivity index (χ4n) is 3.48. The summed E-state index contributed by atoms with van der Waals surface area (Å²) in [5.41, 5.74) is 1.86. The maximum absolute atomic E-state index is 11.7. The Bertz CT molecular complexity index is 507. The highest BCUT2D eigenvalue weighted by molar-refractivity contribution is 5.95. The Morgan fingerprint density at radius 1 is 1.21 bits per heavy atom. The van der Waals surface area contributed by atoms with Crippen LogP contribution in [0.4, 0.5) is 5.69 Å². The molecule has 3 rings (SSSR count). The number of carbonyl (C=O) groups excluding carboxylic acids is 2. The lowest BCUT2D eigenvalue weighted by Crippen LogP contribution is -2.52. The van der Waals surface area contributed by atoms with Gasteiger partial charge < -0.3 is 4.90 Å². The molecule has 1 aromatic rings. The molecule has 2 fully saturated rings. The molecule has 0 N–H and O–H groups in total. The lowest BCUT2D eigenvalue weighted by atomic mass is 9.83. The number of hydrogen-bond donors (Lipinski definition) is 0. The summed E-state index contributed by atoms with van der Waals surface area (Å²) in [7, 11) is 0. The summed E-state index contributed by atoms with van der Waals surface area (Å²) in [4.78, 5) is 25.6. The zero-order chi connectivity index (χ0) is 13.4. The topological polar surface area (TPSA) is 37.4 Å². The number of hydrogen-bond acceptors (Lipinski definition) is 3. The first kappa shape index (κ1) is 12.4. The number of anilines is 1. The van der Waals surface area contributed by atoms with E-state index >= 15 is 0 Å². The molecule has 0 aliphatic carbocycles. The molecule has 3 nitrogen and oxygen atoms in total. The van der Waals surface area contributed by atoms with E-state index in [1.807, 2.05) is 18.2 Å². The largest absolute Gasteiger partial charge is 0.365 e. The molecule has 0 aromatic heterocycles. The molecular weight excluding hydrogens is 238 g/mol. The number of rotatable bonds is 2. The van der Waals surface area contributed by atoms with Gasteiger partial charge in [0.2, 0.25) is 0 Å². The second kappa shape index (κ2) is 4.80. The third-order valence-electron chi connectivity index (χ3n) is 4.34. The van der Waals surface area contributed by atoms with Gasteiger partial charge in [-0.25, -0.2) is 0 Å². The summed E-state index contributed by atoms with van der Waals surface area (Å²) < 4.78 is 0. The van der Waals surface area contributed by atoms with Crippen LogP contribution in [0.3, 0.4) is 0 Å². The maximum atomic E-state index is 11.7. The van der Waals surface area contributed by atoms with E-state index < -0.39 is 0 Å². The minimum Gasteiger partial charge on any atom is -0.365 e. The molecule has 100 valence electrons. The molecule has 0 saturated carbocycles. The fraction of sp³-hybridized carbons (Fsp3) is 0.500. The minimum absolute atomic E-state index is 0.0973. The molecule has 2 heterocycles. The van der Waals surface area contributed by atoms with E-state index in [9.17, 15) is 9.59 Å². The van der Waals surface area contributed by atoms with Gasteiger partial charge in [-0.3, -0.25) is 9.59 Å². The lowest BCUT2D eigenvalue weighted by molar-refractivity contribution is -0.121. The standard InChI is InChI=1S/C16H19NO2/c1-11(18)12-4-2-5-13(8-12)17-14-6-3-7-15(17)10-16(19)9-14/h2,4-5,8,14-15H,3,6-7,9-10H2,1H3. The molecule has 2 saturated heterocycles. The Labute approximate surface area is 113 Å². The number of carbonyl (C=O) groups is 2. The molecule has 1 aromatic carbocycles. The van der Waals surface area contributed by atoms with Crippen LogP contribution in [0.25, 0.3) is 0 Å². The molecule has 2 unspecified atom stereocenters. The third-order valence-corrected chi connectivity index (χ3v) is 4.34. The van der Waals surface area contributed by atoms with Gasteiger partial charge in [-0.15, -0.1) is 0 Å². The Morgan fingerprint density at radius 2 is 1.89 bits per heavy atom. The monoisotopic (exact) mass is 257 g/mol. The number of Topliss-reactive ketones (excluding diaryl/α,β-unsaturated/α-hetero) is 2. The number of nitrogens with zero attached hydrogens (tertiary/aromatic N) is 1. The van der Waals surface area contributed by atoms with Gasteiger partial charge in [0.05, 0.1) is 0 Å². The first-order valence-electron chi connectivity index (χ1n) is 7.06. The maximum Gasteiger partial charge on any atom is 0.159 e. The predicted molar refractivity (Wildman–Crippen MR) is 74.6 cm³/mol. The van der Waals surface area contributed by atoms with Gasteiger partial charge in [-0.2, -0.15) is 0 Å². The molecule has 0 amide bonds.